The summed E-state index contributed by atoms with van der Waals surface area (Å²) in [5.41, 5.74) is 5.36. The predicted molar refractivity (Wildman–Crippen MR) is 72.7 cm³/mol. The molecule has 2 N–H and O–H groups in total. The molecule has 0 saturated carbocycles. The van der Waals surface area contributed by atoms with Crippen LogP contribution in [0.25, 0.3) is 0 Å². The van der Waals surface area contributed by atoms with E-state index in [0.717, 1.165) is 0 Å². The number of hydrogen-bond acceptors (Lipinski definition) is 4. The third-order valence-electron chi connectivity index (χ3n) is 2.34. The fraction of sp³-hybridized carbons (Fsp3) is 0.818. The first kappa shape index (κ1) is 19.5. The Morgan fingerprint density at radius 3 is 2.28 bits per heavy atom. The van der Waals surface area contributed by atoms with E-state index >= 15 is 0 Å². The molecular formula is C11H24ClN3O3. The van der Waals surface area contributed by atoms with E-state index in [0.29, 0.717) is 32.5 Å². The van der Waals surface area contributed by atoms with Crippen molar-refractivity contribution in [3.05, 3.63) is 0 Å². The van der Waals surface area contributed by atoms with Crippen LogP contribution in [-0.4, -0.2) is 69.1 Å². The van der Waals surface area contributed by atoms with Crippen molar-refractivity contribution in [3.63, 3.8) is 0 Å². The van der Waals surface area contributed by atoms with Crippen LogP contribution in [0.4, 0.5) is 0 Å². The summed E-state index contributed by atoms with van der Waals surface area (Å²) in [6.45, 7) is 1.43. The van der Waals surface area contributed by atoms with Crippen molar-refractivity contribution in [3.8, 4) is 0 Å². The number of nitrogens with zero attached hydrogens (tertiary/aromatic N) is 2. The van der Waals surface area contributed by atoms with Gasteiger partial charge >= 0.3 is 0 Å². The summed E-state index contributed by atoms with van der Waals surface area (Å²) in [5.74, 6) is -0.148. The number of carbonyl (C=O) groups excluding carboxylic acids is 2. The van der Waals surface area contributed by atoms with Gasteiger partial charge in [0.25, 0.3) is 0 Å². The summed E-state index contributed by atoms with van der Waals surface area (Å²) in [7, 11) is 4.90. The van der Waals surface area contributed by atoms with Crippen molar-refractivity contribution in [2.45, 2.75) is 12.8 Å². The van der Waals surface area contributed by atoms with Crippen molar-refractivity contribution in [2.75, 3.05) is 47.4 Å². The fourth-order valence-corrected chi connectivity index (χ4v) is 1.21. The lowest BCUT2D eigenvalue weighted by atomic mass is 10.2. The van der Waals surface area contributed by atoms with E-state index in [1.807, 2.05) is 0 Å². The van der Waals surface area contributed by atoms with Gasteiger partial charge in [-0.3, -0.25) is 9.59 Å². The fourth-order valence-electron chi connectivity index (χ4n) is 1.21. The maximum atomic E-state index is 11.8. The van der Waals surface area contributed by atoms with Gasteiger partial charge in [0.05, 0.1) is 13.2 Å². The number of halogens is 1. The lowest BCUT2D eigenvalue weighted by molar-refractivity contribution is -0.139. The highest BCUT2D eigenvalue weighted by molar-refractivity contribution is 5.85. The van der Waals surface area contributed by atoms with Crippen LogP contribution in [0.3, 0.4) is 0 Å². The molecule has 0 saturated heterocycles. The number of likely N-dealkylation sites (N-methyl/N-ethyl adjacent to an activating group) is 1. The molecule has 0 fully saturated rings. The van der Waals surface area contributed by atoms with Crippen LogP contribution < -0.4 is 5.73 Å². The minimum atomic E-state index is -0.0952. The number of nitrogens with two attached hydrogens (primary N) is 1. The van der Waals surface area contributed by atoms with Crippen LogP contribution in [-0.2, 0) is 14.3 Å². The maximum absolute atomic E-state index is 11.8. The van der Waals surface area contributed by atoms with Crippen molar-refractivity contribution in [1.82, 2.24) is 9.80 Å². The zero-order valence-electron chi connectivity index (χ0n) is 11.3. The zero-order valence-corrected chi connectivity index (χ0v) is 12.2. The molecule has 0 aliphatic rings. The minimum absolute atomic E-state index is 0. The van der Waals surface area contributed by atoms with Gasteiger partial charge < -0.3 is 20.3 Å². The Hall–Kier alpha value is -0.850. The highest BCUT2D eigenvalue weighted by Gasteiger charge is 2.17. The van der Waals surface area contributed by atoms with E-state index in [4.69, 9.17) is 10.5 Å². The van der Waals surface area contributed by atoms with E-state index in [1.165, 1.54) is 9.80 Å². The molecule has 0 aromatic heterocycles. The smallest absolute Gasteiger partial charge is 0.241 e. The molecule has 0 bridgehead atoms. The van der Waals surface area contributed by atoms with Crippen LogP contribution in [0.15, 0.2) is 0 Å². The van der Waals surface area contributed by atoms with Crippen LogP contribution in [0.2, 0.25) is 0 Å². The molecule has 0 radical (unpaired) electrons. The van der Waals surface area contributed by atoms with E-state index in [2.05, 4.69) is 0 Å². The van der Waals surface area contributed by atoms with Crippen LogP contribution >= 0.6 is 12.4 Å². The van der Waals surface area contributed by atoms with Crippen LogP contribution in [0, 0.1) is 0 Å². The second-order valence-corrected chi connectivity index (χ2v) is 3.99. The molecule has 0 rings (SSSR count). The van der Waals surface area contributed by atoms with Gasteiger partial charge in [-0.1, -0.05) is 0 Å². The third kappa shape index (κ3) is 8.27. The number of ether oxygens (including phenoxy) is 1. The standard InChI is InChI=1S/C11H23N3O3.ClH/c1-13(2)11(16)9-14(7-8-17-3)10(15)5-4-6-12;/h4-9,12H2,1-3H3;1H. The number of carbonyl (C=O) groups is 2. The monoisotopic (exact) mass is 281 g/mol. The first-order valence-electron chi connectivity index (χ1n) is 5.69. The normalized spacial score (nSPS) is 9.56. The molecule has 0 aromatic rings. The van der Waals surface area contributed by atoms with Crippen molar-refractivity contribution in [1.29, 1.82) is 0 Å². The maximum Gasteiger partial charge on any atom is 0.241 e. The third-order valence-corrected chi connectivity index (χ3v) is 2.34. The van der Waals surface area contributed by atoms with Crippen LogP contribution in [0.5, 0.6) is 0 Å². The number of amides is 2. The molecular weight excluding hydrogens is 258 g/mol. The average Bonchev–Trinajstić information content (AvgIpc) is 2.30. The number of methoxy groups -OCH3 is 1. The largest absolute Gasteiger partial charge is 0.383 e. The summed E-state index contributed by atoms with van der Waals surface area (Å²) in [6.07, 6.45) is 1.01. The summed E-state index contributed by atoms with van der Waals surface area (Å²) in [6, 6.07) is 0. The zero-order chi connectivity index (χ0) is 13.3. The van der Waals surface area contributed by atoms with E-state index in [9.17, 15) is 9.59 Å². The van der Waals surface area contributed by atoms with Crippen molar-refractivity contribution in [2.24, 2.45) is 5.73 Å². The van der Waals surface area contributed by atoms with Crippen molar-refractivity contribution >= 4 is 24.2 Å². The molecule has 0 spiro atoms. The molecule has 0 aromatic carbocycles. The average molecular weight is 282 g/mol. The topological polar surface area (TPSA) is 75.9 Å². The van der Waals surface area contributed by atoms with E-state index < -0.39 is 0 Å². The van der Waals surface area contributed by atoms with Gasteiger partial charge in [-0.25, -0.2) is 0 Å². The summed E-state index contributed by atoms with van der Waals surface area (Å²) in [5, 5.41) is 0. The number of hydrogen-bond donors (Lipinski definition) is 1. The Morgan fingerprint density at radius 1 is 1.22 bits per heavy atom. The van der Waals surface area contributed by atoms with Crippen LogP contribution in [0.1, 0.15) is 12.8 Å². The van der Waals surface area contributed by atoms with Gasteiger partial charge in [0.15, 0.2) is 0 Å². The molecule has 7 heteroatoms. The minimum Gasteiger partial charge on any atom is -0.383 e. The number of rotatable bonds is 8. The Balaban J connectivity index is 0. The summed E-state index contributed by atoms with van der Waals surface area (Å²) < 4.78 is 4.93. The van der Waals surface area contributed by atoms with Gasteiger partial charge in [-0.2, -0.15) is 0 Å². The molecule has 0 aliphatic carbocycles. The SMILES string of the molecule is COCCN(CC(=O)N(C)C)C(=O)CCCN.Cl. The molecule has 108 valence electrons. The molecule has 0 aliphatic heterocycles. The Bertz CT molecular complexity index is 250. The van der Waals surface area contributed by atoms with Crippen molar-refractivity contribution < 1.29 is 14.3 Å². The van der Waals surface area contributed by atoms with E-state index in [-0.39, 0.29) is 30.8 Å². The molecule has 18 heavy (non-hydrogen) atoms. The Labute approximate surface area is 115 Å². The van der Waals surface area contributed by atoms with Gasteiger partial charge in [0.1, 0.15) is 0 Å². The van der Waals surface area contributed by atoms with E-state index in [1.54, 1.807) is 21.2 Å². The Kier molecular flexibility index (Phi) is 12.2. The summed E-state index contributed by atoms with van der Waals surface area (Å²) >= 11 is 0. The Morgan fingerprint density at radius 2 is 1.83 bits per heavy atom. The lowest BCUT2D eigenvalue weighted by Gasteiger charge is -2.23. The highest BCUT2D eigenvalue weighted by atomic mass is 35.5. The van der Waals surface area contributed by atoms with Gasteiger partial charge in [0.2, 0.25) is 11.8 Å². The first-order valence-corrected chi connectivity index (χ1v) is 5.69. The molecule has 0 heterocycles. The molecule has 2 amide bonds. The predicted octanol–water partition coefficient (Wildman–Crippen LogP) is -0.290. The van der Waals surface area contributed by atoms with Gasteiger partial charge in [0, 0.05) is 34.2 Å². The van der Waals surface area contributed by atoms with Gasteiger partial charge in [-0.15, -0.1) is 12.4 Å². The van der Waals surface area contributed by atoms with Gasteiger partial charge in [-0.05, 0) is 13.0 Å². The molecule has 0 unspecified atom stereocenters. The second-order valence-electron chi connectivity index (χ2n) is 3.99. The quantitative estimate of drug-likeness (QED) is 0.663. The molecule has 6 nitrogen and oxygen atoms in total. The molecule has 0 atom stereocenters. The lowest BCUT2D eigenvalue weighted by Crippen LogP contribution is -2.41. The summed E-state index contributed by atoms with van der Waals surface area (Å²) in [4.78, 5) is 26.4. The second kappa shape index (κ2) is 11.3. The first-order chi connectivity index (χ1) is 8.02. The highest BCUT2D eigenvalue weighted by Crippen LogP contribution is 1.99.